The van der Waals surface area contributed by atoms with Gasteiger partial charge in [-0.05, 0) is 25.7 Å². The van der Waals surface area contributed by atoms with Gasteiger partial charge in [0.1, 0.15) is 5.82 Å². The highest BCUT2D eigenvalue weighted by molar-refractivity contribution is 5.77. The number of H-pyrrole nitrogens is 1. The standard InChI is InChI=1S/C14H20N4O/c1-3-18(2)9-8-15-10-13-16-12-7-5-4-6-11(12)14(19)17-13/h4-7,15H,3,8-10H2,1-2H3,(H,16,17,19). The summed E-state index contributed by atoms with van der Waals surface area (Å²) in [5.74, 6) is 0.683. The number of nitrogens with one attached hydrogen (secondary N) is 2. The van der Waals surface area contributed by atoms with Crippen LogP contribution in [0.5, 0.6) is 0 Å². The van der Waals surface area contributed by atoms with Crippen LogP contribution in [-0.4, -0.2) is 41.5 Å². The molecule has 0 bridgehead atoms. The summed E-state index contributed by atoms with van der Waals surface area (Å²) in [5.41, 5.74) is 0.668. The van der Waals surface area contributed by atoms with Crippen LogP contribution in [0, 0.1) is 0 Å². The largest absolute Gasteiger partial charge is 0.309 e. The highest BCUT2D eigenvalue weighted by atomic mass is 16.1. The first-order chi connectivity index (χ1) is 9.20. The minimum Gasteiger partial charge on any atom is -0.309 e. The van der Waals surface area contributed by atoms with Crippen LogP contribution < -0.4 is 10.9 Å². The maximum atomic E-state index is 11.9. The molecule has 1 aromatic heterocycles. The SMILES string of the molecule is CCN(C)CCNCc1nc2ccccc2c(=O)[nH]1. The molecule has 0 amide bonds. The molecule has 0 fully saturated rings. The van der Waals surface area contributed by atoms with Gasteiger partial charge in [0.05, 0.1) is 17.4 Å². The van der Waals surface area contributed by atoms with Crippen LogP contribution in [0.2, 0.25) is 0 Å². The zero-order chi connectivity index (χ0) is 13.7. The van der Waals surface area contributed by atoms with Crippen LogP contribution in [0.4, 0.5) is 0 Å². The lowest BCUT2D eigenvalue weighted by Crippen LogP contribution is -2.29. The lowest BCUT2D eigenvalue weighted by Gasteiger charge is -2.13. The number of nitrogens with zero attached hydrogens (tertiary/aromatic N) is 2. The van der Waals surface area contributed by atoms with Crippen molar-refractivity contribution in [1.29, 1.82) is 0 Å². The quantitative estimate of drug-likeness (QED) is 0.760. The lowest BCUT2D eigenvalue weighted by atomic mass is 10.2. The van der Waals surface area contributed by atoms with Crippen LogP contribution in [0.3, 0.4) is 0 Å². The van der Waals surface area contributed by atoms with Gasteiger partial charge in [0.15, 0.2) is 0 Å². The first-order valence-corrected chi connectivity index (χ1v) is 6.58. The van der Waals surface area contributed by atoms with E-state index in [1.807, 2.05) is 18.2 Å². The Morgan fingerprint density at radius 3 is 2.95 bits per heavy atom. The number of benzene rings is 1. The van der Waals surface area contributed by atoms with Crippen molar-refractivity contribution in [1.82, 2.24) is 20.2 Å². The molecule has 0 unspecified atom stereocenters. The van der Waals surface area contributed by atoms with Crippen LogP contribution in [0.15, 0.2) is 29.1 Å². The Labute approximate surface area is 112 Å². The molecule has 0 atom stereocenters. The van der Waals surface area contributed by atoms with Crippen molar-refractivity contribution in [2.75, 3.05) is 26.7 Å². The average Bonchev–Trinajstić information content (AvgIpc) is 2.43. The first-order valence-electron chi connectivity index (χ1n) is 6.58. The van der Waals surface area contributed by atoms with E-state index in [9.17, 15) is 4.79 Å². The van der Waals surface area contributed by atoms with Crippen molar-refractivity contribution in [2.24, 2.45) is 0 Å². The van der Waals surface area contributed by atoms with Crippen molar-refractivity contribution >= 4 is 10.9 Å². The third-order valence-electron chi connectivity index (χ3n) is 3.16. The Morgan fingerprint density at radius 2 is 2.16 bits per heavy atom. The fourth-order valence-electron chi connectivity index (χ4n) is 1.85. The van der Waals surface area contributed by atoms with Gasteiger partial charge >= 0.3 is 0 Å². The van der Waals surface area contributed by atoms with E-state index in [1.165, 1.54) is 0 Å². The minimum absolute atomic E-state index is 0.0759. The highest BCUT2D eigenvalue weighted by Gasteiger charge is 2.02. The summed E-state index contributed by atoms with van der Waals surface area (Å²) in [4.78, 5) is 21.3. The topological polar surface area (TPSA) is 61.0 Å². The van der Waals surface area contributed by atoms with E-state index in [0.29, 0.717) is 17.8 Å². The molecule has 0 saturated carbocycles. The number of fused-ring (bicyclic) bond motifs is 1. The van der Waals surface area contributed by atoms with Crippen molar-refractivity contribution in [3.63, 3.8) is 0 Å². The van der Waals surface area contributed by atoms with Crippen LogP contribution in [0.25, 0.3) is 10.9 Å². The maximum absolute atomic E-state index is 11.9. The van der Waals surface area contributed by atoms with E-state index < -0.39 is 0 Å². The van der Waals surface area contributed by atoms with E-state index in [1.54, 1.807) is 6.07 Å². The van der Waals surface area contributed by atoms with E-state index >= 15 is 0 Å². The smallest absolute Gasteiger partial charge is 0.258 e. The zero-order valence-corrected chi connectivity index (χ0v) is 11.4. The van der Waals surface area contributed by atoms with Crippen LogP contribution in [-0.2, 0) is 6.54 Å². The molecule has 1 heterocycles. The number of hydrogen-bond acceptors (Lipinski definition) is 4. The maximum Gasteiger partial charge on any atom is 0.258 e. The van der Waals surface area contributed by atoms with Crippen LogP contribution >= 0.6 is 0 Å². The highest BCUT2D eigenvalue weighted by Crippen LogP contribution is 2.05. The number of para-hydroxylation sites is 1. The Morgan fingerprint density at radius 1 is 1.37 bits per heavy atom. The predicted molar refractivity (Wildman–Crippen MR) is 77.2 cm³/mol. The predicted octanol–water partition coefficient (Wildman–Crippen LogP) is 0.964. The van der Waals surface area contributed by atoms with Gasteiger partial charge < -0.3 is 15.2 Å². The second-order valence-corrected chi connectivity index (χ2v) is 4.60. The van der Waals surface area contributed by atoms with Crippen molar-refractivity contribution in [2.45, 2.75) is 13.5 Å². The molecule has 102 valence electrons. The Hall–Kier alpha value is -1.72. The average molecular weight is 260 g/mol. The third-order valence-corrected chi connectivity index (χ3v) is 3.16. The molecule has 1 aromatic carbocycles. The molecule has 0 aliphatic rings. The van der Waals surface area contributed by atoms with Crippen molar-refractivity contribution < 1.29 is 0 Å². The van der Waals surface area contributed by atoms with Gasteiger partial charge in [0.2, 0.25) is 0 Å². The Balaban J connectivity index is 2.00. The number of hydrogen-bond donors (Lipinski definition) is 2. The molecule has 2 aromatic rings. The molecule has 0 spiro atoms. The molecule has 5 nitrogen and oxygen atoms in total. The molecular formula is C14H20N4O. The molecule has 2 rings (SSSR count). The van der Waals surface area contributed by atoms with Gasteiger partial charge in [-0.3, -0.25) is 4.79 Å². The van der Waals surface area contributed by atoms with E-state index in [-0.39, 0.29) is 5.56 Å². The molecule has 0 aliphatic carbocycles. The molecule has 2 N–H and O–H groups in total. The zero-order valence-electron chi connectivity index (χ0n) is 11.4. The number of aromatic amines is 1. The van der Waals surface area contributed by atoms with Gasteiger partial charge in [-0.25, -0.2) is 4.98 Å². The minimum atomic E-state index is -0.0759. The molecule has 0 saturated heterocycles. The van der Waals surface area contributed by atoms with E-state index in [0.717, 1.165) is 25.2 Å². The lowest BCUT2D eigenvalue weighted by molar-refractivity contribution is 0.348. The van der Waals surface area contributed by atoms with E-state index in [2.05, 4.69) is 34.2 Å². The molecule has 5 heteroatoms. The summed E-state index contributed by atoms with van der Waals surface area (Å²) in [6.07, 6.45) is 0. The van der Waals surface area contributed by atoms with E-state index in [4.69, 9.17) is 0 Å². The van der Waals surface area contributed by atoms with Crippen molar-refractivity contribution in [3.05, 3.63) is 40.4 Å². The fraction of sp³-hybridized carbons (Fsp3) is 0.429. The van der Waals surface area contributed by atoms with Gasteiger partial charge in [0, 0.05) is 13.1 Å². The fourth-order valence-corrected chi connectivity index (χ4v) is 1.85. The first kappa shape index (κ1) is 13.7. The molecule has 0 aliphatic heterocycles. The number of rotatable bonds is 6. The summed E-state index contributed by atoms with van der Waals surface area (Å²) in [5, 5.41) is 3.92. The molecule has 19 heavy (non-hydrogen) atoms. The Bertz CT molecular complexity index is 593. The summed E-state index contributed by atoms with van der Waals surface area (Å²) < 4.78 is 0. The molecular weight excluding hydrogens is 240 g/mol. The number of likely N-dealkylation sites (N-methyl/N-ethyl adjacent to an activating group) is 1. The van der Waals surface area contributed by atoms with Gasteiger partial charge in [-0.1, -0.05) is 19.1 Å². The van der Waals surface area contributed by atoms with Crippen LogP contribution in [0.1, 0.15) is 12.7 Å². The second kappa shape index (κ2) is 6.45. The summed E-state index contributed by atoms with van der Waals surface area (Å²) in [6, 6.07) is 7.38. The van der Waals surface area contributed by atoms with Gasteiger partial charge in [-0.2, -0.15) is 0 Å². The molecule has 0 radical (unpaired) electrons. The third kappa shape index (κ3) is 3.62. The second-order valence-electron chi connectivity index (χ2n) is 4.60. The van der Waals surface area contributed by atoms with Crippen molar-refractivity contribution in [3.8, 4) is 0 Å². The monoisotopic (exact) mass is 260 g/mol. The van der Waals surface area contributed by atoms with Gasteiger partial charge in [-0.15, -0.1) is 0 Å². The summed E-state index contributed by atoms with van der Waals surface area (Å²) in [7, 11) is 2.08. The Kier molecular flexibility index (Phi) is 4.65. The van der Waals surface area contributed by atoms with Gasteiger partial charge in [0.25, 0.3) is 5.56 Å². The number of aromatic nitrogens is 2. The summed E-state index contributed by atoms with van der Waals surface area (Å²) >= 11 is 0. The summed E-state index contributed by atoms with van der Waals surface area (Å²) in [6.45, 7) is 5.60. The normalized spacial score (nSPS) is 11.3.